The van der Waals surface area contributed by atoms with Crippen LogP contribution in [0, 0.1) is 5.92 Å². The maximum absolute atomic E-state index is 5.75. The lowest BCUT2D eigenvalue weighted by Crippen LogP contribution is -2.52. The zero-order chi connectivity index (χ0) is 23.9. The molecule has 1 aliphatic rings. The van der Waals surface area contributed by atoms with Gasteiger partial charge in [0, 0.05) is 38.5 Å². The lowest BCUT2D eigenvalue weighted by Gasteiger charge is -2.38. The van der Waals surface area contributed by atoms with Crippen LogP contribution < -0.4 is 27.8 Å². The van der Waals surface area contributed by atoms with E-state index < -0.39 is 0 Å². The molecule has 2 aromatic carbocycles. The van der Waals surface area contributed by atoms with Crippen LogP contribution in [0.2, 0.25) is 0 Å². The molecule has 1 aliphatic heterocycles. The molecule has 7 heteroatoms. The zero-order valence-corrected chi connectivity index (χ0v) is 20.1. The largest absolute Gasteiger partial charge is 0.330 e. The Kier molecular flexibility index (Phi) is 12.9. The summed E-state index contributed by atoms with van der Waals surface area (Å²) in [5.41, 5.74) is 19.6. The van der Waals surface area contributed by atoms with E-state index >= 15 is 0 Å². The average molecular weight is 454 g/mol. The molecule has 4 atom stereocenters. The highest BCUT2D eigenvalue weighted by atomic mass is 15.2. The van der Waals surface area contributed by atoms with Crippen molar-refractivity contribution in [1.29, 1.82) is 0 Å². The molecular weight excluding hydrogens is 410 g/mol. The van der Waals surface area contributed by atoms with Gasteiger partial charge >= 0.3 is 0 Å². The first-order valence-electron chi connectivity index (χ1n) is 12.0. The second-order valence-corrected chi connectivity index (χ2v) is 8.60. The second kappa shape index (κ2) is 15.7. The Hall–Kier alpha value is -2.13. The summed E-state index contributed by atoms with van der Waals surface area (Å²) < 4.78 is 0. The normalized spacial score (nSPS) is 21.2. The standard InChI is InChI=1S/C13H22N4.C13H21N3/c1-16-13(7-8-14)10-17(11-15)9-12-5-3-2-4-6-12;1-10-12(7-8-14)13(16-9-15-10)11-5-3-2-4-6-11/h2-6,13H,1,7-11,14-15H2;2-6,10,12-13,15-16H,7-9,14H2,1H3. The Bertz CT molecular complexity index is 756. The Labute approximate surface area is 199 Å². The smallest absolute Gasteiger partial charge is 0.0631 e. The molecule has 0 bridgehead atoms. The van der Waals surface area contributed by atoms with Gasteiger partial charge < -0.3 is 22.5 Å². The molecule has 4 unspecified atom stereocenters. The summed E-state index contributed by atoms with van der Waals surface area (Å²) in [5.74, 6) is 0.571. The maximum Gasteiger partial charge on any atom is 0.0631 e. The fraction of sp³-hybridized carbons (Fsp3) is 0.500. The second-order valence-electron chi connectivity index (χ2n) is 8.60. The molecule has 0 amide bonds. The van der Waals surface area contributed by atoms with Crippen molar-refractivity contribution in [1.82, 2.24) is 15.5 Å². The van der Waals surface area contributed by atoms with Gasteiger partial charge in [0.2, 0.25) is 0 Å². The number of nitrogens with one attached hydrogen (secondary N) is 2. The van der Waals surface area contributed by atoms with Gasteiger partial charge in [-0.05, 0) is 56.6 Å². The van der Waals surface area contributed by atoms with Crippen LogP contribution in [-0.4, -0.2) is 56.7 Å². The van der Waals surface area contributed by atoms with E-state index in [9.17, 15) is 0 Å². The summed E-state index contributed by atoms with van der Waals surface area (Å²) in [7, 11) is 0. The van der Waals surface area contributed by atoms with Gasteiger partial charge in [-0.2, -0.15) is 0 Å². The molecule has 0 aliphatic carbocycles. The molecule has 33 heavy (non-hydrogen) atoms. The highest BCUT2D eigenvalue weighted by Crippen LogP contribution is 2.29. The minimum absolute atomic E-state index is 0.173. The summed E-state index contributed by atoms with van der Waals surface area (Å²) >= 11 is 0. The number of aliphatic imine (C=N–C) groups is 1. The van der Waals surface area contributed by atoms with Crippen molar-refractivity contribution >= 4 is 6.72 Å². The Morgan fingerprint density at radius 1 is 1.00 bits per heavy atom. The Morgan fingerprint density at radius 3 is 2.24 bits per heavy atom. The number of benzene rings is 2. The van der Waals surface area contributed by atoms with Gasteiger partial charge in [0.25, 0.3) is 0 Å². The highest BCUT2D eigenvalue weighted by molar-refractivity contribution is 5.24. The van der Waals surface area contributed by atoms with E-state index in [1.54, 1.807) is 0 Å². The van der Waals surface area contributed by atoms with Crippen molar-refractivity contribution in [2.75, 3.05) is 33.0 Å². The minimum Gasteiger partial charge on any atom is -0.330 e. The summed E-state index contributed by atoms with van der Waals surface area (Å²) in [6.07, 6.45) is 1.91. The maximum atomic E-state index is 5.75. The third kappa shape index (κ3) is 9.33. The molecule has 1 fully saturated rings. The van der Waals surface area contributed by atoms with Gasteiger partial charge in [-0.15, -0.1) is 0 Å². The van der Waals surface area contributed by atoms with Crippen LogP contribution in [0.3, 0.4) is 0 Å². The molecule has 8 N–H and O–H groups in total. The van der Waals surface area contributed by atoms with Crippen LogP contribution in [0.15, 0.2) is 65.7 Å². The fourth-order valence-electron chi connectivity index (χ4n) is 4.33. The summed E-state index contributed by atoms with van der Waals surface area (Å²) in [4.78, 5) is 6.24. The third-order valence-electron chi connectivity index (χ3n) is 6.21. The minimum atomic E-state index is 0.173. The first-order chi connectivity index (χ1) is 16.1. The van der Waals surface area contributed by atoms with Crippen molar-refractivity contribution < 1.29 is 0 Å². The molecule has 3 rings (SSSR count). The van der Waals surface area contributed by atoms with E-state index in [1.165, 1.54) is 11.1 Å². The zero-order valence-electron chi connectivity index (χ0n) is 20.1. The van der Waals surface area contributed by atoms with Crippen molar-refractivity contribution in [3.05, 3.63) is 71.8 Å². The first kappa shape index (κ1) is 27.1. The molecule has 1 saturated heterocycles. The number of hydrogen-bond acceptors (Lipinski definition) is 7. The molecule has 0 aromatic heterocycles. The fourth-order valence-corrected chi connectivity index (χ4v) is 4.33. The van der Waals surface area contributed by atoms with Gasteiger partial charge in [0.05, 0.1) is 6.04 Å². The van der Waals surface area contributed by atoms with Gasteiger partial charge in [-0.3, -0.25) is 15.2 Å². The lowest BCUT2D eigenvalue weighted by molar-refractivity contribution is 0.212. The molecule has 0 spiro atoms. The number of nitrogens with two attached hydrogens (primary N) is 3. The number of rotatable bonds is 11. The predicted molar refractivity (Wildman–Crippen MR) is 140 cm³/mol. The Morgan fingerprint density at radius 2 is 1.67 bits per heavy atom. The van der Waals surface area contributed by atoms with E-state index in [0.717, 1.165) is 39.1 Å². The van der Waals surface area contributed by atoms with E-state index in [2.05, 4.69) is 76.6 Å². The van der Waals surface area contributed by atoms with Crippen molar-refractivity contribution in [3.8, 4) is 0 Å². The van der Waals surface area contributed by atoms with Crippen molar-refractivity contribution in [3.63, 3.8) is 0 Å². The molecule has 2 aromatic rings. The van der Waals surface area contributed by atoms with Crippen LogP contribution in [0.1, 0.15) is 36.9 Å². The summed E-state index contributed by atoms with van der Waals surface area (Å²) in [6.45, 7) is 10.3. The van der Waals surface area contributed by atoms with Crippen LogP contribution in [0.4, 0.5) is 0 Å². The first-order valence-corrected chi connectivity index (χ1v) is 12.0. The Balaban J connectivity index is 0.000000234. The van der Waals surface area contributed by atoms with Crippen LogP contribution in [0.5, 0.6) is 0 Å². The van der Waals surface area contributed by atoms with E-state index in [1.807, 2.05) is 18.2 Å². The van der Waals surface area contributed by atoms with E-state index in [-0.39, 0.29) is 6.04 Å². The average Bonchev–Trinajstić information content (AvgIpc) is 2.86. The van der Waals surface area contributed by atoms with Gasteiger partial charge in [0.15, 0.2) is 0 Å². The lowest BCUT2D eigenvalue weighted by atomic mass is 9.84. The highest BCUT2D eigenvalue weighted by Gasteiger charge is 2.30. The molecule has 182 valence electrons. The molecule has 0 saturated carbocycles. The predicted octanol–water partition coefficient (Wildman–Crippen LogP) is 2.05. The quantitative estimate of drug-likeness (QED) is 0.263. The van der Waals surface area contributed by atoms with Crippen LogP contribution >= 0.6 is 0 Å². The monoisotopic (exact) mass is 453 g/mol. The van der Waals surface area contributed by atoms with E-state index in [4.69, 9.17) is 17.2 Å². The summed E-state index contributed by atoms with van der Waals surface area (Å²) in [6, 6.07) is 22.1. The summed E-state index contributed by atoms with van der Waals surface area (Å²) in [5, 5.41) is 6.98. The SMILES string of the molecule is C=NC(CCN)CN(CN)Cc1ccccc1.CC1NCNC(c2ccccc2)C1CCN. The number of nitrogens with zero attached hydrogens (tertiary/aromatic N) is 2. The molecule has 1 heterocycles. The molecule has 0 radical (unpaired) electrons. The molecular formula is C26H43N7. The van der Waals surface area contributed by atoms with Gasteiger partial charge in [-0.1, -0.05) is 60.7 Å². The van der Waals surface area contributed by atoms with Gasteiger partial charge in [-0.25, -0.2) is 0 Å². The van der Waals surface area contributed by atoms with Gasteiger partial charge in [0.1, 0.15) is 0 Å². The van der Waals surface area contributed by atoms with Crippen molar-refractivity contribution in [2.24, 2.45) is 28.1 Å². The number of hydrogen-bond donors (Lipinski definition) is 5. The topological polar surface area (TPSA) is 118 Å². The van der Waals surface area contributed by atoms with Crippen LogP contribution in [-0.2, 0) is 6.54 Å². The van der Waals surface area contributed by atoms with E-state index in [0.29, 0.717) is 31.2 Å². The molecule has 7 nitrogen and oxygen atoms in total. The van der Waals surface area contributed by atoms with Crippen molar-refractivity contribution in [2.45, 2.75) is 44.4 Å². The third-order valence-corrected chi connectivity index (χ3v) is 6.21. The van der Waals surface area contributed by atoms with Crippen LogP contribution in [0.25, 0.3) is 0 Å².